The maximum absolute atomic E-state index is 13.0. The van der Waals surface area contributed by atoms with Gasteiger partial charge in [-0.05, 0) is 25.0 Å². The topological polar surface area (TPSA) is 93.0 Å². The number of hydrogen-bond acceptors (Lipinski definition) is 5. The fraction of sp³-hybridized carbons (Fsp3) is 0.438. The molecule has 1 atom stereocenters. The number of hydrogen-bond donors (Lipinski definition) is 1. The number of aromatic nitrogens is 4. The molecule has 3 rings (SSSR count). The lowest BCUT2D eigenvalue weighted by Gasteiger charge is -2.34. The van der Waals surface area contributed by atoms with Gasteiger partial charge in [-0.2, -0.15) is 0 Å². The Morgan fingerprint density at radius 3 is 2.83 bits per heavy atom. The summed E-state index contributed by atoms with van der Waals surface area (Å²) >= 11 is 0. The average molecular weight is 328 g/mol. The summed E-state index contributed by atoms with van der Waals surface area (Å²) in [5.74, 6) is 0.987. The third-order valence-electron chi connectivity index (χ3n) is 4.32. The standard InChI is InChI=1S/C16H20N6O2/c1-4-11-5-12(7-18-6-11)16(24)22-9-14-20-19-10(2)21(14)8-13(22)15(23)17-3/h5-7,13H,4,8-9H2,1-3H3,(H,17,23). The van der Waals surface area contributed by atoms with Crippen molar-refractivity contribution in [2.24, 2.45) is 0 Å². The molecule has 0 fully saturated rings. The van der Waals surface area contributed by atoms with Crippen molar-refractivity contribution in [3.63, 3.8) is 0 Å². The summed E-state index contributed by atoms with van der Waals surface area (Å²) in [6.45, 7) is 4.43. The van der Waals surface area contributed by atoms with Crippen LogP contribution >= 0.6 is 0 Å². The van der Waals surface area contributed by atoms with Crippen LogP contribution in [0.4, 0.5) is 0 Å². The molecule has 0 spiro atoms. The van der Waals surface area contributed by atoms with Crippen molar-refractivity contribution in [1.82, 2.24) is 30.0 Å². The fourth-order valence-electron chi connectivity index (χ4n) is 2.88. The molecule has 8 nitrogen and oxygen atoms in total. The highest BCUT2D eigenvalue weighted by Gasteiger charge is 2.36. The highest BCUT2D eigenvalue weighted by atomic mass is 16.2. The summed E-state index contributed by atoms with van der Waals surface area (Å²) in [7, 11) is 1.57. The van der Waals surface area contributed by atoms with Crippen molar-refractivity contribution in [3.8, 4) is 0 Å². The molecule has 2 aromatic heterocycles. The van der Waals surface area contributed by atoms with Crippen LogP contribution < -0.4 is 5.32 Å². The van der Waals surface area contributed by atoms with E-state index in [0.29, 0.717) is 17.9 Å². The molecule has 0 saturated carbocycles. The number of likely N-dealkylation sites (N-methyl/N-ethyl adjacent to an activating group) is 1. The molecule has 2 amide bonds. The molecule has 1 aliphatic heterocycles. The molecule has 0 saturated heterocycles. The smallest absolute Gasteiger partial charge is 0.256 e. The molecule has 0 aromatic carbocycles. The molecular weight excluding hydrogens is 308 g/mol. The lowest BCUT2D eigenvalue weighted by atomic mass is 10.1. The second kappa shape index (κ2) is 6.38. The van der Waals surface area contributed by atoms with Crippen LogP contribution in [0.25, 0.3) is 0 Å². The summed E-state index contributed by atoms with van der Waals surface area (Å²) in [6, 6.07) is 1.22. The van der Waals surface area contributed by atoms with Crippen molar-refractivity contribution in [2.75, 3.05) is 7.05 Å². The normalized spacial score (nSPS) is 16.6. The first-order valence-corrected chi connectivity index (χ1v) is 7.90. The van der Waals surface area contributed by atoms with E-state index >= 15 is 0 Å². The number of amides is 2. The minimum atomic E-state index is -0.602. The predicted molar refractivity (Wildman–Crippen MR) is 86.1 cm³/mol. The summed E-state index contributed by atoms with van der Waals surface area (Å²) in [5.41, 5.74) is 1.46. The Kier molecular flexibility index (Phi) is 4.28. The monoisotopic (exact) mass is 328 g/mol. The number of nitrogens with zero attached hydrogens (tertiary/aromatic N) is 5. The van der Waals surface area contributed by atoms with Gasteiger partial charge in [0.1, 0.15) is 11.9 Å². The molecule has 3 heterocycles. The van der Waals surface area contributed by atoms with Gasteiger partial charge in [-0.15, -0.1) is 10.2 Å². The van der Waals surface area contributed by atoms with Crippen LogP contribution in [-0.2, 0) is 24.3 Å². The van der Waals surface area contributed by atoms with E-state index < -0.39 is 6.04 Å². The predicted octanol–water partition coefficient (Wildman–Crippen LogP) is 0.315. The Labute approximate surface area is 139 Å². The average Bonchev–Trinajstić information content (AvgIpc) is 2.99. The molecule has 24 heavy (non-hydrogen) atoms. The maximum atomic E-state index is 13.0. The molecule has 126 valence electrons. The van der Waals surface area contributed by atoms with Crippen LogP contribution in [0.1, 0.15) is 34.5 Å². The van der Waals surface area contributed by atoms with Crippen molar-refractivity contribution >= 4 is 11.8 Å². The minimum Gasteiger partial charge on any atom is -0.357 e. The first kappa shape index (κ1) is 16.1. The van der Waals surface area contributed by atoms with E-state index in [2.05, 4.69) is 20.5 Å². The zero-order valence-electron chi connectivity index (χ0n) is 14.0. The van der Waals surface area contributed by atoms with Crippen LogP contribution in [0.15, 0.2) is 18.5 Å². The van der Waals surface area contributed by atoms with E-state index in [9.17, 15) is 9.59 Å². The number of carbonyl (C=O) groups is 2. The Morgan fingerprint density at radius 2 is 2.12 bits per heavy atom. The van der Waals surface area contributed by atoms with Gasteiger partial charge in [0, 0.05) is 19.4 Å². The number of nitrogens with one attached hydrogen (secondary N) is 1. The quantitative estimate of drug-likeness (QED) is 0.875. The molecule has 1 aliphatic rings. The Morgan fingerprint density at radius 1 is 1.33 bits per heavy atom. The third-order valence-corrected chi connectivity index (χ3v) is 4.32. The van der Waals surface area contributed by atoms with Crippen LogP contribution in [0.5, 0.6) is 0 Å². The fourth-order valence-corrected chi connectivity index (χ4v) is 2.88. The van der Waals surface area contributed by atoms with E-state index in [-0.39, 0.29) is 18.4 Å². The van der Waals surface area contributed by atoms with Gasteiger partial charge < -0.3 is 14.8 Å². The second-order valence-electron chi connectivity index (χ2n) is 5.77. The van der Waals surface area contributed by atoms with Gasteiger partial charge in [0.25, 0.3) is 5.91 Å². The summed E-state index contributed by atoms with van der Waals surface area (Å²) in [6.07, 6.45) is 4.07. The van der Waals surface area contributed by atoms with E-state index in [1.807, 2.05) is 24.5 Å². The maximum Gasteiger partial charge on any atom is 0.256 e. The van der Waals surface area contributed by atoms with Crippen LogP contribution in [0.3, 0.4) is 0 Å². The highest BCUT2D eigenvalue weighted by molar-refractivity contribution is 5.97. The Hall–Kier alpha value is -2.77. The highest BCUT2D eigenvalue weighted by Crippen LogP contribution is 2.20. The van der Waals surface area contributed by atoms with Crippen molar-refractivity contribution in [2.45, 2.75) is 39.4 Å². The summed E-state index contributed by atoms with van der Waals surface area (Å²) in [5, 5.41) is 10.8. The first-order valence-electron chi connectivity index (χ1n) is 7.90. The van der Waals surface area contributed by atoms with Gasteiger partial charge in [-0.1, -0.05) is 6.92 Å². The molecule has 8 heteroatoms. The molecule has 1 N–H and O–H groups in total. The van der Waals surface area contributed by atoms with E-state index in [0.717, 1.165) is 17.8 Å². The minimum absolute atomic E-state index is 0.207. The first-order chi connectivity index (χ1) is 11.5. The summed E-state index contributed by atoms with van der Waals surface area (Å²) in [4.78, 5) is 30.9. The SMILES string of the molecule is CCc1cncc(C(=O)N2Cc3nnc(C)n3CC2C(=O)NC)c1. The van der Waals surface area contributed by atoms with Gasteiger partial charge in [0.05, 0.1) is 18.7 Å². The lowest BCUT2D eigenvalue weighted by molar-refractivity contribution is -0.126. The van der Waals surface area contributed by atoms with Crippen LogP contribution in [0, 0.1) is 6.92 Å². The van der Waals surface area contributed by atoms with Crippen molar-refractivity contribution in [1.29, 1.82) is 0 Å². The van der Waals surface area contributed by atoms with Gasteiger partial charge in [0.15, 0.2) is 5.82 Å². The Bertz CT molecular complexity index is 785. The zero-order valence-corrected chi connectivity index (χ0v) is 14.0. The van der Waals surface area contributed by atoms with Gasteiger partial charge in [-0.25, -0.2) is 0 Å². The van der Waals surface area contributed by atoms with Crippen LogP contribution in [-0.4, -0.2) is 49.6 Å². The lowest BCUT2D eigenvalue weighted by Crippen LogP contribution is -2.53. The van der Waals surface area contributed by atoms with Gasteiger partial charge in [0.2, 0.25) is 5.91 Å². The van der Waals surface area contributed by atoms with Gasteiger partial charge >= 0.3 is 0 Å². The van der Waals surface area contributed by atoms with Crippen LogP contribution in [0.2, 0.25) is 0 Å². The molecule has 2 aromatic rings. The number of pyridine rings is 1. The number of aryl methyl sites for hydroxylation is 2. The second-order valence-corrected chi connectivity index (χ2v) is 5.77. The van der Waals surface area contributed by atoms with E-state index in [4.69, 9.17) is 0 Å². The molecule has 1 unspecified atom stereocenters. The largest absolute Gasteiger partial charge is 0.357 e. The molecule has 0 radical (unpaired) electrons. The Balaban J connectivity index is 1.96. The molecule has 0 aliphatic carbocycles. The summed E-state index contributed by atoms with van der Waals surface area (Å²) < 4.78 is 1.88. The molecular formula is C16H20N6O2. The van der Waals surface area contributed by atoms with E-state index in [1.54, 1.807) is 18.1 Å². The third kappa shape index (κ3) is 2.75. The van der Waals surface area contributed by atoms with Gasteiger partial charge in [-0.3, -0.25) is 14.6 Å². The van der Waals surface area contributed by atoms with E-state index in [1.165, 1.54) is 6.20 Å². The zero-order chi connectivity index (χ0) is 17.3. The molecule has 0 bridgehead atoms. The number of carbonyl (C=O) groups excluding carboxylic acids is 2. The van der Waals surface area contributed by atoms with Crippen molar-refractivity contribution < 1.29 is 9.59 Å². The van der Waals surface area contributed by atoms with Crippen molar-refractivity contribution in [3.05, 3.63) is 41.2 Å². The number of fused-ring (bicyclic) bond motifs is 1. The number of rotatable bonds is 3.